The Kier molecular flexibility index (Phi) is 7.15. The molecular formula is C23H20FNO5S. The molecule has 0 aliphatic rings. The SMILES string of the molecule is CCOC(=O)/C=c1\s/c(=C/c2ccc(F)cc2)c(=O)n1Cc1ccc(C(=O)OC)cc1. The van der Waals surface area contributed by atoms with Gasteiger partial charge >= 0.3 is 11.9 Å². The maximum atomic E-state index is 13.2. The van der Waals surface area contributed by atoms with E-state index in [2.05, 4.69) is 0 Å². The molecule has 0 unspecified atom stereocenters. The van der Waals surface area contributed by atoms with Crippen molar-refractivity contribution in [2.24, 2.45) is 0 Å². The molecule has 31 heavy (non-hydrogen) atoms. The number of aromatic nitrogens is 1. The third-order valence-corrected chi connectivity index (χ3v) is 5.41. The van der Waals surface area contributed by atoms with E-state index in [4.69, 9.17) is 9.47 Å². The minimum atomic E-state index is -0.549. The van der Waals surface area contributed by atoms with Gasteiger partial charge in [0.25, 0.3) is 5.56 Å². The quantitative estimate of drug-likeness (QED) is 0.548. The zero-order chi connectivity index (χ0) is 22.4. The Morgan fingerprint density at radius 1 is 1.10 bits per heavy atom. The van der Waals surface area contributed by atoms with E-state index < -0.39 is 11.9 Å². The summed E-state index contributed by atoms with van der Waals surface area (Å²) in [5, 5.41) is 0. The second-order valence-corrected chi connectivity index (χ2v) is 7.54. The third-order valence-electron chi connectivity index (χ3n) is 4.35. The summed E-state index contributed by atoms with van der Waals surface area (Å²) in [6.45, 7) is 2.11. The summed E-state index contributed by atoms with van der Waals surface area (Å²) in [6, 6.07) is 12.4. The van der Waals surface area contributed by atoms with Gasteiger partial charge < -0.3 is 9.47 Å². The molecule has 8 heteroatoms. The van der Waals surface area contributed by atoms with Crippen molar-refractivity contribution < 1.29 is 23.5 Å². The maximum absolute atomic E-state index is 13.2. The Morgan fingerprint density at radius 3 is 2.39 bits per heavy atom. The van der Waals surface area contributed by atoms with Gasteiger partial charge in [0.15, 0.2) is 0 Å². The van der Waals surface area contributed by atoms with Crippen molar-refractivity contribution in [1.29, 1.82) is 0 Å². The van der Waals surface area contributed by atoms with Gasteiger partial charge in [0, 0.05) is 0 Å². The second-order valence-electron chi connectivity index (χ2n) is 6.48. The number of thiazole rings is 1. The van der Waals surface area contributed by atoms with Crippen LogP contribution in [0.1, 0.15) is 28.4 Å². The molecule has 0 atom stereocenters. The molecule has 1 aromatic heterocycles. The van der Waals surface area contributed by atoms with Crippen LogP contribution in [-0.4, -0.2) is 30.2 Å². The number of halogens is 1. The van der Waals surface area contributed by atoms with Gasteiger partial charge in [-0.2, -0.15) is 0 Å². The van der Waals surface area contributed by atoms with Crippen LogP contribution in [-0.2, 0) is 20.8 Å². The lowest BCUT2D eigenvalue weighted by molar-refractivity contribution is -0.135. The lowest BCUT2D eigenvalue weighted by Crippen LogP contribution is -2.32. The van der Waals surface area contributed by atoms with Crippen LogP contribution >= 0.6 is 11.3 Å². The summed E-state index contributed by atoms with van der Waals surface area (Å²) < 4.78 is 25.1. The molecule has 0 aliphatic heterocycles. The van der Waals surface area contributed by atoms with Gasteiger partial charge in [-0.05, 0) is 48.4 Å². The van der Waals surface area contributed by atoms with Gasteiger partial charge in [-0.1, -0.05) is 24.3 Å². The van der Waals surface area contributed by atoms with Crippen molar-refractivity contribution in [3.8, 4) is 0 Å². The van der Waals surface area contributed by atoms with Gasteiger partial charge in [0.05, 0.1) is 36.4 Å². The zero-order valence-electron chi connectivity index (χ0n) is 17.0. The standard InChI is InChI=1S/C23H20FNO5S/c1-3-30-21(26)13-20-25(14-16-4-8-17(9-5-16)23(28)29-2)22(27)19(31-20)12-15-6-10-18(24)11-7-15/h4-13H,3,14H2,1-2H3/b19-12+,20-13-. The van der Waals surface area contributed by atoms with Crippen molar-refractivity contribution >= 4 is 35.4 Å². The van der Waals surface area contributed by atoms with Gasteiger partial charge in [-0.25, -0.2) is 14.0 Å². The van der Waals surface area contributed by atoms with Crippen LogP contribution in [0.4, 0.5) is 4.39 Å². The fourth-order valence-electron chi connectivity index (χ4n) is 2.83. The molecule has 0 amide bonds. The fourth-order valence-corrected chi connectivity index (χ4v) is 3.87. The maximum Gasteiger partial charge on any atom is 0.337 e. The van der Waals surface area contributed by atoms with Crippen molar-refractivity contribution in [3.05, 3.63) is 90.6 Å². The smallest absolute Gasteiger partial charge is 0.337 e. The average Bonchev–Trinajstić information content (AvgIpc) is 3.04. The Hall–Kier alpha value is -3.52. The molecule has 0 bridgehead atoms. The number of carbonyl (C=O) groups is 2. The summed E-state index contributed by atoms with van der Waals surface area (Å²) in [7, 11) is 1.30. The normalized spacial score (nSPS) is 12.1. The predicted octanol–water partition coefficient (Wildman–Crippen LogP) is 2.06. The molecule has 0 saturated heterocycles. The minimum absolute atomic E-state index is 0.194. The van der Waals surface area contributed by atoms with Gasteiger partial charge in [-0.15, -0.1) is 11.3 Å². The number of ether oxygens (including phenoxy) is 2. The van der Waals surface area contributed by atoms with Gasteiger partial charge in [0.1, 0.15) is 10.5 Å². The average molecular weight is 441 g/mol. The van der Waals surface area contributed by atoms with Crippen molar-refractivity contribution in [2.45, 2.75) is 13.5 Å². The molecule has 0 N–H and O–H groups in total. The van der Waals surface area contributed by atoms with Crippen LogP contribution in [0.15, 0.2) is 53.3 Å². The molecule has 0 saturated carbocycles. The first-order valence-corrected chi connectivity index (χ1v) is 10.3. The number of benzene rings is 2. The van der Waals surface area contributed by atoms with E-state index >= 15 is 0 Å². The highest BCUT2D eigenvalue weighted by Crippen LogP contribution is 2.07. The van der Waals surface area contributed by atoms with Gasteiger partial charge in [-0.3, -0.25) is 9.36 Å². The molecule has 6 nitrogen and oxygen atoms in total. The van der Waals surface area contributed by atoms with Crippen LogP contribution in [0.5, 0.6) is 0 Å². The van der Waals surface area contributed by atoms with Crippen LogP contribution in [0, 0.1) is 5.82 Å². The second kappa shape index (κ2) is 9.99. The summed E-state index contributed by atoms with van der Waals surface area (Å²) >= 11 is 1.14. The van der Waals surface area contributed by atoms with E-state index in [9.17, 15) is 18.8 Å². The number of carbonyl (C=O) groups excluding carboxylic acids is 2. The van der Waals surface area contributed by atoms with E-state index in [1.807, 2.05) is 0 Å². The van der Waals surface area contributed by atoms with Crippen LogP contribution < -0.4 is 14.8 Å². The molecule has 3 aromatic rings. The Labute approximate surface area is 181 Å². The van der Waals surface area contributed by atoms with Crippen molar-refractivity contribution in [3.63, 3.8) is 0 Å². The van der Waals surface area contributed by atoms with E-state index in [0.29, 0.717) is 20.3 Å². The first-order valence-electron chi connectivity index (χ1n) is 9.44. The molecule has 0 aliphatic carbocycles. The first-order chi connectivity index (χ1) is 14.9. The lowest BCUT2D eigenvalue weighted by Gasteiger charge is -2.04. The first kappa shape index (κ1) is 22.2. The molecule has 2 aromatic carbocycles. The van der Waals surface area contributed by atoms with E-state index in [0.717, 1.165) is 16.9 Å². The summed E-state index contributed by atoms with van der Waals surface area (Å²) in [6.07, 6.45) is 2.92. The van der Waals surface area contributed by atoms with Crippen LogP contribution in [0.25, 0.3) is 12.2 Å². The van der Waals surface area contributed by atoms with Gasteiger partial charge in [0.2, 0.25) is 0 Å². The summed E-state index contributed by atoms with van der Waals surface area (Å²) in [4.78, 5) is 36.7. The van der Waals surface area contributed by atoms with Crippen LogP contribution in [0.3, 0.4) is 0 Å². The van der Waals surface area contributed by atoms with E-state index in [1.54, 1.807) is 49.4 Å². The number of esters is 2. The monoisotopic (exact) mass is 441 g/mol. The Bertz CT molecular complexity index is 1260. The lowest BCUT2D eigenvalue weighted by atomic mass is 10.1. The Balaban J connectivity index is 2.06. The summed E-state index contributed by atoms with van der Waals surface area (Å²) in [5.41, 5.74) is 1.53. The number of methoxy groups -OCH3 is 1. The Morgan fingerprint density at radius 2 is 1.77 bits per heavy atom. The zero-order valence-corrected chi connectivity index (χ0v) is 17.8. The van der Waals surface area contributed by atoms with E-state index in [1.165, 1.54) is 29.9 Å². The third kappa shape index (κ3) is 5.55. The minimum Gasteiger partial charge on any atom is -0.465 e. The predicted molar refractivity (Wildman–Crippen MR) is 116 cm³/mol. The van der Waals surface area contributed by atoms with Crippen LogP contribution in [0.2, 0.25) is 0 Å². The van der Waals surface area contributed by atoms with Crippen molar-refractivity contribution in [2.75, 3.05) is 13.7 Å². The molecule has 3 rings (SSSR count). The number of hydrogen-bond donors (Lipinski definition) is 0. The highest BCUT2D eigenvalue weighted by atomic mass is 32.1. The number of rotatable bonds is 6. The molecule has 1 heterocycles. The molecule has 0 fully saturated rings. The topological polar surface area (TPSA) is 74.6 Å². The number of nitrogens with zero attached hydrogens (tertiary/aromatic N) is 1. The largest absolute Gasteiger partial charge is 0.465 e. The molecular weight excluding hydrogens is 421 g/mol. The van der Waals surface area contributed by atoms with Crippen molar-refractivity contribution in [1.82, 2.24) is 4.57 Å². The molecule has 160 valence electrons. The fraction of sp³-hybridized carbons (Fsp3) is 0.174. The molecule has 0 radical (unpaired) electrons. The highest BCUT2D eigenvalue weighted by Gasteiger charge is 2.10. The van der Waals surface area contributed by atoms with E-state index in [-0.39, 0.29) is 24.5 Å². The summed E-state index contributed by atoms with van der Waals surface area (Å²) in [5.74, 6) is -1.37. The number of hydrogen-bond acceptors (Lipinski definition) is 6. The molecule has 0 spiro atoms. The highest BCUT2D eigenvalue weighted by molar-refractivity contribution is 7.07.